The molecule has 0 spiro atoms. The van der Waals surface area contributed by atoms with E-state index in [4.69, 9.17) is 5.73 Å². The van der Waals surface area contributed by atoms with E-state index in [9.17, 15) is 0 Å². The van der Waals surface area contributed by atoms with Crippen molar-refractivity contribution in [3.05, 3.63) is 46.8 Å². The molecule has 17 heavy (non-hydrogen) atoms. The van der Waals surface area contributed by atoms with E-state index in [0.717, 1.165) is 0 Å². The molecule has 0 saturated heterocycles. The van der Waals surface area contributed by atoms with Crippen molar-refractivity contribution in [1.82, 2.24) is 0 Å². The highest BCUT2D eigenvalue weighted by Crippen LogP contribution is 2.33. The highest BCUT2D eigenvalue weighted by atomic mass is 32.1. The summed E-state index contributed by atoms with van der Waals surface area (Å²) in [7, 11) is 0. The molecule has 0 bridgehead atoms. The first-order chi connectivity index (χ1) is 8.08. The van der Waals surface area contributed by atoms with Gasteiger partial charge in [0.15, 0.2) is 0 Å². The molecule has 0 saturated carbocycles. The minimum atomic E-state index is 0.151. The predicted molar refractivity (Wildman–Crippen MR) is 76.3 cm³/mol. The zero-order chi connectivity index (χ0) is 12.4. The molecule has 2 N–H and O–H groups in total. The summed E-state index contributed by atoms with van der Waals surface area (Å²) in [5.41, 5.74) is 8.76. The summed E-state index contributed by atoms with van der Waals surface area (Å²) in [5, 5.41) is 0. The van der Waals surface area contributed by atoms with Crippen LogP contribution in [0.4, 0.5) is 0 Å². The van der Waals surface area contributed by atoms with Gasteiger partial charge in [0, 0.05) is 15.8 Å². The van der Waals surface area contributed by atoms with Crippen LogP contribution in [0.3, 0.4) is 0 Å². The predicted octanol–water partition coefficient (Wildman–Crippen LogP) is 4.38. The van der Waals surface area contributed by atoms with E-state index in [1.807, 2.05) is 0 Å². The van der Waals surface area contributed by atoms with Gasteiger partial charge in [0.05, 0.1) is 0 Å². The van der Waals surface area contributed by atoms with Crippen molar-refractivity contribution in [3.8, 4) is 10.4 Å². The van der Waals surface area contributed by atoms with Gasteiger partial charge in [-0.15, -0.1) is 11.3 Å². The van der Waals surface area contributed by atoms with Crippen LogP contribution in [0.25, 0.3) is 10.4 Å². The molecule has 2 heteroatoms. The molecule has 0 radical (unpaired) electrons. The van der Waals surface area contributed by atoms with Crippen LogP contribution in [0.15, 0.2) is 36.4 Å². The fourth-order valence-electron chi connectivity index (χ4n) is 1.81. The van der Waals surface area contributed by atoms with Crippen molar-refractivity contribution in [2.45, 2.75) is 26.8 Å². The highest BCUT2D eigenvalue weighted by Gasteiger charge is 2.13. The Morgan fingerprint density at radius 1 is 1.12 bits per heavy atom. The van der Waals surface area contributed by atoms with E-state index in [1.54, 1.807) is 11.3 Å². The maximum absolute atomic E-state index is 6.17. The lowest BCUT2D eigenvalue weighted by Gasteiger charge is -2.12. The Bertz CT molecular complexity index is 499. The van der Waals surface area contributed by atoms with E-state index in [1.165, 1.54) is 20.9 Å². The minimum absolute atomic E-state index is 0.151. The Labute approximate surface area is 107 Å². The van der Waals surface area contributed by atoms with Crippen molar-refractivity contribution in [2.75, 3.05) is 0 Å². The largest absolute Gasteiger partial charge is 0.323 e. The summed E-state index contributed by atoms with van der Waals surface area (Å²) >= 11 is 1.81. The van der Waals surface area contributed by atoms with E-state index < -0.39 is 0 Å². The quantitative estimate of drug-likeness (QED) is 0.853. The van der Waals surface area contributed by atoms with Gasteiger partial charge in [-0.25, -0.2) is 0 Å². The lowest BCUT2D eigenvalue weighted by Crippen LogP contribution is -2.14. The Balaban J connectivity index is 2.30. The van der Waals surface area contributed by atoms with Gasteiger partial charge in [0.25, 0.3) is 0 Å². The molecule has 1 unspecified atom stereocenters. The molecule has 2 aromatic rings. The van der Waals surface area contributed by atoms with Crippen LogP contribution in [0.5, 0.6) is 0 Å². The molecule has 0 aliphatic heterocycles. The summed E-state index contributed by atoms with van der Waals surface area (Å²) in [5.74, 6) is 0.485. The standard InChI is InChI=1S/C15H19NS/c1-10(2)15(16)14-8-7-13(17-14)12-6-4-5-11(3)9-12/h4-10,15H,16H2,1-3H3. The normalized spacial score (nSPS) is 13.0. The molecule has 90 valence electrons. The van der Waals surface area contributed by atoms with Crippen LogP contribution < -0.4 is 5.73 Å². The topological polar surface area (TPSA) is 26.0 Å². The van der Waals surface area contributed by atoms with Crippen LogP contribution in [0, 0.1) is 12.8 Å². The molecule has 0 aliphatic rings. The van der Waals surface area contributed by atoms with Crippen LogP contribution in [0.1, 0.15) is 30.3 Å². The van der Waals surface area contributed by atoms with Gasteiger partial charge in [-0.3, -0.25) is 0 Å². The van der Waals surface area contributed by atoms with Gasteiger partial charge in [-0.2, -0.15) is 0 Å². The third-order valence-electron chi connectivity index (χ3n) is 2.98. The number of hydrogen-bond acceptors (Lipinski definition) is 2. The number of aryl methyl sites for hydroxylation is 1. The highest BCUT2D eigenvalue weighted by molar-refractivity contribution is 7.15. The van der Waals surface area contributed by atoms with Crippen LogP contribution in [0.2, 0.25) is 0 Å². The summed E-state index contributed by atoms with van der Waals surface area (Å²) in [6, 6.07) is 13.1. The smallest absolute Gasteiger partial charge is 0.0413 e. The van der Waals surface area contributed by atoms with Crippen LogP contribution in [-0.2, 0) is 0 Å². The number of rotatable bonds is 3. The summed E-state index contributed by atoms with van der Waals surface area (Å²) in [6.45, 7) is 6.45. The summed E-state index contributed by atoms with van der Waals surface area (Å²) in [6.07, 6.45) is 0. The lowest BCUT2D eigenvalue weighted by molar-refractivity contribution is 0.521. The van der Waals surface area contributed by atoms with Crippen molar-refractivity contribution in [3.63, 3.8) is 0 Å². The number of benzene rings is 1. The third-order valence-corrected chi connectivity index (χ3v) is 4.21. The summed E-state index contributed by atoms with van der Waals surface area (Å²) < 4.78 is 0. The summed E-state index contributed by atoms with van der Waals surface area (Å²) in [4.78, 5) is 2.58. The SMILES string of the molecule is Cc1cccc(-c2ccc(C(N)C(C)C)s2)c1. The van der Waals surface area contributed by atoms with Gasteiger partial charge in [-0.1, -0.05) is 43.7 Å². The first-order valence-corrected chi connectivity index (χ1v) is 6.82. The maximum atomic E-state index is 6.17. The maximum Gasteiger partial charge on any atom is 0.0413 e. The first kappa shape index (κ1) is 12.3. The minimum Gasteiger partial charge on any atom is -0.323 e. The second-order valence-electron chi connectivity index (χ2n) is 4.84. The van der Waals surface area contributed by atoms with Gasteiger partial charge in [-0.05, 0) is 30.5 Å². The molecular formula is C15H19NS. The second-order valence-corrected chi connectivity index (χ2v) is 5.96. The second kappa shape index (κ2) is 5.03. The van der Waals surface area contributed by atoms with Gasteiger partial charge < -0.3 is 5.73 Å². The Kier molecular flexibility index (Phi) is 3.65. The fourth-order valence-corrected chi connectivity index (χ4v) is 2.99. The molecule has 1 heterocycles. The average molecular weight is 245 g/mol. The molecule has 0 fully saturated rings. The number of hydrogen-bond donors (Lipinski definition) is 1. The molecule has 1 aromatic carbocycles. The molecule has 1 aromatic heterocycles. The van der Waals surface area contributed by atoms with E-state index >= 15 is 0 Å². The fraction of sp³-hybridized carbons (Fsp3) is 0.333. The van der Waals surface area contributed by atoms with Crippen LogP contribution in [-0.4, -0.2) is 0 Å². The lowest BCUT2D eigenvalue weighted by atomic mass is 10.0. The molecular weight excluding hydrogens is 226 g/mol. The average Bonchev–Trinajstić information content (AvgIpc) is 2.77. The van der Waals surface area contributed by atoms with E-state index in [0.29, 0.717) is 5.92 Å². The zero-order valence-corrected chi connectivity index (χ0v) is 11.4. The Hall–Kier alpha value is -1.12. The monoisotopic (exact) mass is 245 g/mol. The zero-order valence-electron chi connectivity index (χ0n) is 10.6. The molecule has 1 nitrogen and oxygen atoms in total. The van der Waals surface area contributed by atoms with Crippen molar-refractivity contribution >= 4 is 11.3 Å². The van der Waals surface area contributed by atoms with Gasteiger partial charge >= 0.3 is 0 Å². The van der Waals surface area contributed by atoms with Crippen molar-refractivity contribution < 1.29 is 0 Å². The molecule has 0 aliphatic carbocycles. The van der Waals surface area contributed by atoms with Gasteiger partial charge in [0.2, 0.25) is 0 Å². The number of nitrogens with two attached hydrogens (primary N) is 1. The Morgan fingerprint density at radius 2 is 1.88 bits per heavy atom. The molecule has 1 atom stereocenters. The molecule has 0 amide bonds. The number of thiophene rings is 1. The van der Waals surface area contributed by atoms with Crippen LogP contribution >= 0.6 is 11.3 Å². The van der Waals surface area contributed by atoms with Crippen molar-refractivity contribution in [2.24, 2.45) is 11.7 Å². The van der Waals surface area contributed by atoms with Crippen molar-refractivity contribution in [1.29, 1.82) is 0 Å². The van der Waals surface area contributed by atoms with E-state index in [2.05, 4.69) is 57.2 Å². The third kappa shape index (κ3) is 2.76. The Morgan fingerprint density at radius 3 is 2.53 bits per heavy atom. The first-order valence-electron chi connectivity index (χ1n) is 6.00. The van der Waals surface area contributed by atoms with E-state index in [-0.39, 0.29) is 6.04 Å². The van der Waals surface area contributed by atoms with Gasteiger partial charge in [0.1, 0.15) is 0 Å². The molecule has 2 rings (SSSR count).